The number of rotatable bonds is 5. The molecule has 0 saturated heterocycles. The first-order valence-corrected chi connectivity index (χ1v) is 6.54. The average molecular weight is 271 g/mol. The zero-order chi connectivity index (χ0) is 14.4. The third-order valence-corrected chi connectivity index (χ3v) is 3.05. The van der Waals surface area contributed by atoms with E-state index in [0.717, 1.165) is 16.5 Å². The van der Waals surface area contributed by atoms with Gasteiger partial charge in [0.15, 0.2) is 0 Å². The molecule has 0 aromatic heterocycles. The van der Waals surface area contributed by atoms with E-state index in [9.17, 15) is 9.59 Å². The number of nitrogens with one attached hydrogen (secondary N) is 1. The monoisotopic (exact) mass is 271 g/mol. The molecule has 20 heavy (non-hydrogen) atoms. The molecule has 2 aromatic rings. The largest absolute Gasteiger partial charge is 0.469 e. The van der Waals surface area contributed by atoms with Crippen LogP contribution in [0.15, 0.2) is 42.5 Å². The molecule has 0 aliphatic rings. The van der Waals surface area contributed by atoms with Crippen molar-refractivity contribution in [2.75, 3.05) is 12.4 Å². The predicted octanol–water partition coefficient (Wildman–Crippen LogP) is 3.12. The maximum Gasteiger partial charge on any atom is 0.305 e. The molecule has 4 nitrogen and oxygen atoms in total. The second-order valence-corrected chi connectivity index (χ2v) is 4.54. The summed E-state index contributed by atoms with van der Waals surface area (Å²) in [6.45, 7) is 0. The lowest BCUT2D eigenvalue weighted by atomic mass is 10.1. The van der Waals surface area contributed by atoms with Crippen LogP contribution in [-0.2, 0) is 14.3 Å². The van der Waals surface area contributed by atoms with Crippen molar-refractivity contribution < 1.29 is 14.3 Å². The van der Waals surface area contributed by atoms with Gasteiger partial charge in [0.25, 0.3) is 0 Å². The third kappa shape index (κ3) is 3.82. The number of ether oxygens (including phenoxy) is 1. The Balaban J connectivity index is 1.91. The van der Waals surface area contributed by atoms with Gasteiger partial charge in [-0.2, -0.15) is 0 Å². The van der Waals surface area contributed by atoms with Gasteiger partial charge in [0.05, 0.1) is 7.11 Å². The van der Waals surface area contributed by atoms with Crippen LogP contribution in [0.2, 0.25) is 0 Å². The number of hydrogen-bond donors (Lipinski definition) is 1. The Morgan fingerprint density at radius 3 is 2.55 bits per heavy atom. The zero-order valence-electron chi connectivity index (χ0n) is 11.4. The van der Waals surface area contributed by atoms with E-state index < -0.39 is 0 Å². The molecule has 0 aliphatic heterocycles. The highest BCUT2D eigenvalue weighted by atomic mass is 16.5. The fourth-order valence-electron chi connectivity index (χ4n) is 1.99. The minimum atomic E-state index is -0.288. The first-order chi connectivity index (χ1) is 9.69. The second-order valence-electron chi connectivity index (χ2n) is 4.54. The van der Waals surface area contributed by atoms with Crippen molar-refractivity contribution in [2.45, 2.75) is 19.3 Å². The number of carbonyl (C=O) groups excluding carboxylic acids is 2. The zero-order valence-corrected chi connectivity index (χ0v) is 11.4. The summed E-state index contributed by atoms with van der Waals surface area (Å²) in [5.41, 5.74) is 0.770. The molecule has 1 N–H and O–H groups in total. The molecule has 0 bridgehead atoms. The fourth-order valence-corrected chi connectivity index (χ4v) is 1.99. The molecule has 1 amide bonds. The summed E-state index contributed by atoms with van der Waals surface area (Å²) < 4.78 is 4.53. The normalized spacial score (nSPS) is 10.2. The Morgan fingerprint density at radius 2 is 1.80 bits per heavy atom. The van der Waals surface area contributed by atoms with E-state index in [-0.39, 0.29) is 18.3 Å². The van der Waals surface area contributed by atoms with Crippen molar-refractivity contribution in [3.8, 4) is 0 Å². The summed E-state index contributed by atoms with van der Waals surface area (Å²) in [5, 5.41) is 5.05. The third-order valence-electron chi connectivity index (χ3n) is 3.05. The number of carbonyl (C=O) groups is 2. The molecule has 0 radical (unpaired) electrons. The number of anilines is 1. The summed E-state index contributed by atoms with van der Waals surface area (Å²) >= 11 is 0. The van der Waals surface area contributed by atoms with E-state index in [1.807, 2.05) is 42.5 Å². The quantitative estimate of drug-likeness (QED) is 0.850. The highest BCUT2D eigenvalue weighted by molar-refractivity contribution is 5.94. The Morgan fingerprint density at radius 1 is 1.05 bits per heavy atom. The SMILES string of the molecule is COC(=O)CCCC(=O)Nc1ccc2ccccc2c1. The lowest BCUT2D eigenvalue weighted by Gasteiger charge is -2.06. The van der Waals surface area contributed by atoms with Crippen molar-refractivity contribution >= 4 is 28.3 Å². The molecule has 0 spiro atoms. The van der Waals surface area contributed by atoms with Gasteiger partial charge < -0.3 is 10.1 Å². The van der Waals surface area contributed by atoms with Crippen LogP contribution in [0.1, 0.15) is 19.3 Å². The first-order valence-electron chi connectivity index (χ1n) is 6.54. The van der Waals surface area contributed by atoms with E-state index in [1.165, 1.54) is 7.11 Å². The van der Waals surface area contributed by atoms with Crippen LogP contribution in [0.25, 0.3) is 10.8 Å². The Kier molecular flexibility index (Phi) is 4.71. The lowest BCUT2D eigenvalue weighted by molar-refractivity contribution is -0.140. The first kappa shape index (κ1) is 14.1. The number of benzene rings is 2. The van der Waals surface area contributed by atoms with Crippen molar-refractivity contribution in [2.24, 2.45) is 0 Å². The van der Waals surface area contributed by atoms with Gasteiger partial charge in [-0.15, -0.1) is 0 Å². The van der Waals surface area contributed by atoms with Crippen LogP contribution in [-0.4, -0.2) is 19.0 Å². The van der Waals surface area contributed by atoms with Gasteiger partial charge in [-0.05, 0) is 29.3 Å². The fraction of sp³-hybridized carbons (Fsp3) is 0.250. The number of esters is 1. The lowest BCUT2D eigenvalue weighted by Crippen LogP contribution is -2.12. The summed E-state index contributed by atoms with van der Waals surface area (Å²) in [6.07, 6.45) is 1.07. The van der Waals surface area contributed by atoms with E-state index in [0.29, 0.717) is 12.8 Å². The topological polar surface area (TPSA) is 55.4 Å². The van der Waals surface area contributed by atoms with Gasteiger partial charge in [-0.3, -0.25) is 9.59 Å². The maximum atomic E-state index is 11.8. The summed E-state index contributed by atoms with van der Waals surface area (Å²) in [4.78, 5) is 22.7. The van der Waals surface area contributed by atoms with E-state index in [4.69, 9.17) is 0 Å². The summed E-state index contributed by atoms with van der Waals surface area (Å²) in [5.74, 6) is -0.382. The van der Waals surface area contributed by atoms with E-state index in [2.05, 4.69) is 10.1 Å². The van der Waals surface area contributed by atoms with Gasteiger partial charge in [0, 0.05) is 18.5 Å². The molecular weight excluding hydrogens is 254 g/mol. The molecular formula is C16H17NO3. The average Bonchev–Trinajstić information content (AvgIpc) is 2.47. The minimum absolute atomic E-state index is 0.0933. The molecule has 0 saturated carbocycles. The molecule has 0 unspecified atom stereocenters. The standard InChI is InChI=1S/C16H17NO3/c1-20-16(19)8-4-7-15(18)17-14-10-9-12-5-2-3-6-13(12)11-14/h2-3,5-6,9-11H,4,7-8H2,1H3,(H,17,18). The highest BCUT2D eigenvalue weighted by Gasteiger charge is 2.06. The number of amides is 1. The van der Waals surface area contributed by atoms with Crippen molar-refractivity contribution in [3.63, 3.8) is 0 Å². The molecule has 0 aliphatic carbocycles. The number of methoxy groups -OCH3 is 1. The van der Waals surface area contributed by atoms with Gasteiger partial charge in [-0.1, -0.05) is 30.3 Å². The van der Waals surface area contributed by atoms with E-state index >= 15 is 0 Å². The molecule has 0 fully saturated rings. The predicted molar refractivity (Wildman–Crippen MR) is 78.4 cm³/mol. The van der Waals surface area contributed by atoms with Crippen molar-refractivity contribution in [1.82, 2.24) is 0 Å². The minimum Gasteiger partial charge on any atom is -0.469 e. The van der Waals surface area contributed by atoms with Crippen LogP contribution < -0.4 is 5.32 Å². The molecule has 2 rings (SSSR count). The maximum absolute atomic E-state index is 11.8. The van der Waals surface area contributed by atoms with Gasteiger partial charge in [0.2, 0.25) is 5.91 Å². The highest BCUT2D eigenvalue weighted by Crippen LogP contribution is 2.19. The smallest absolute Gasteiger partial charge is 0.305 e. The van der Waals surface area contributed by atoms with Crippen LogP contribution in [0, 0.1) is 0 Å². The molecule has 4 heteroatoms. The van der Waals surface area contributed by atoms with Crippen molar-refractivity contribution in [1.29, 1.82) is 0 Å². The van der Waals surface area contributed by atoms with Gasteiger partial charge >= 0.3 is 5.97 Å². The number of fused-ring (bicyclic) bond motifs is 1. The Bertz CT molecular complexity index is 622. The van der Waals surface area contributed by atoms with Crippen LogP contribution in [0.4, 0.5) is 5.69 Å². The molecule has 2 aromatic carbocycles. The Labute approximate surface area is 117 Å². The van der Waals surface area contributed by atoms with Crippen molar-refractivity contribution in [3.05, 3.63) is 42.5 Å². The second kappa shape index (κ2) is 6.70. The van der Waals surface area contributed by atoms with Crippen LogP contribution >= 0.6 is 0 Å². The summed E-state index contributed by atoms with van der Waals surface area (Å²) in [6, 6.07) is 13.8. The number of hydrogen-bond acceptors (Lipinski definition) is 3. The molecule has 0 atom stereocenters. The van der Waals surface area contributed by atoms with Crippen LogP contribution in [0.3, 0.4) is 0 Å². The summed E-state index contributed by atoms with van der Waals surface area (Å²) in [7, 11) is 1.34. The van der Waals surface area contributed by atoms with Crippen LogP contribution in [0.5, 0.6) is 0 Å². The Hall–Kier alpha value is -2.36. The molecule has 0 heterocycles. The van der Waals surface area contributed by atoms with Gasteiger partial charge in [0.1, 0.15) is 0 Å². The van der Waals surface area contributed by atoms with E-state index in [1.54, 1.807) is 0 Å². The van der Waals surface area contributed by atoms with Gasteiger partial charge in [-0.25, -0.2) is 0 Å². The molecule has 104 valence electrons.